The Labute approximate surface area is 101 Å². The van der Waals surface area contributed by atoms with Gasteiger partial charge in [-0.3, -0.25) is 4.79 Å². The van der Waals surface area contributed by atoms with E-state index in [9.17, 15) is 18.0 Å². The first kappa shape index (κ1) is 12.7. The topological polar surface area (TPSA) is 32.9 Å². The summed E-state index contributed by atoms with van der Waals surface area (Å²) in [5.74, 6) is -4.09. The van der Waals surface area contributed by atoms with E-state index in [1.165, 1.54) is 6.07 Å². The molecule has 1 heterocycles. The molecule has 1 aromatic heterocycles. The third-order valence-corrected chi connectivity index (χ3v) is 2.64. The van der Waals surface area contributed by atoms with Crippen LogP contribution in [-0.4, -0.2) is 4.98 Å². The van der Waals surface area contributed by atoms with Crippen LogP contribution in [0, 0.1) is 23.4 Å². The molecule has 0 aliphatic rings. The number of fused-ring (bicyclic) bond motifs is 1. The van der Waals surface area contributed by atoms with Gasteiger partial charge in [-0.25, -0.2) is 13.2 Å². The second kappa shape index (κ2) is 4.48. The second-order valence-electron chi connectivity index (χ2n) is 4.67. The van der Waals surface area contributed by atoms with Crippen LogP contribution in [0.5, 0.6) is 0 Å². The van der Waals surface area contributed by atoms with Gasteiger partial charge >= 0.3 is 0 Å². The predicted octanol–water partition coefficient (Wildman–Crippen LogP) is 3.14. The molecular weight excluding hydrogens is 243 g/mol. The summed E-state index contributed by atoms with van der Waals surface area (Å²) in [5, 5.41) is -0.443. The first-order chi connectivity index (χ1) is 8.40. The van der Waals surface area contributed by atoms with Gasteiger partial charge in [0.2, 0.25) is 0 Å². The molecule has 0 atom stereocenters. The Morgan fingerprint density at radius 2 is 1.83 bits per heavy atom. The van der Waals surface area contributed by atoms with Crippen molar-refractivity contribution in [1.29, 1.82) is 0 Å². The number of hydrogen-bond acceptors (Lipinski definition) is 1. The third kappa shape index (κ3) is 2.12. The minimum atomic E-state index is -1.62. The summed E-state index contributed by atoms with van der Waals surface area (Å²) in [7, 11) is 0. The summed E-state index contributed by atoms with van der Waals surface area (Å²) in [6, 6.07) is 2.03. The molecule has 2 nitrogen and oxygen atoms in total. The van der Waals surface area contributed by atoms with Crippen LogP contribution < -0.4 is 5.43 Å². The average Bonchev–Trinajstić information content (AvgIpc) is 2.24. The highest BCUT2D eigenvalue weighted by Gasteiger charge is 2.16. The van der Waals surface area contributed by atoms with E-state index in [0.29, 0.717) is 12.1 Å². The van der Waals surface area contributed by atoms with Gasteiger partial charge in [0.15, 0.2) is 22.9 Å². The van der Waals surface area contributed by atoms with E-state index in [0.717, 1.165) is 6.07 Å². The van der Waals surface area contributed by atoms with Crippen LogP contribution >= 0.6 is 0 Å². The van der Waals surface area contributed by atoms with Crippen molar-refractivity contribution in [2.75, 3.05) is 0 Å². The monoisotopic (exact) mass is 255 g/mol. The van der Waals surface area contributed by atoms with E-state index >= 15 is 0 Å². The Hall–Kier alpha value is -1.78. The van der Waals surface area contributed by atoms with E-state index in [1.54, 1.807) is 0 Å². The fourth-order valence-corrected chi connectivity index (χ4v) is 1.92. The smallest absolute Gasteiger partial charge is 0.195 e. The third-order valence-electron chi connectivity index (χ3n) is 2.64. The molecule has 96 valence electrons. The highest BCUT2D eigenvalue weighted by molar-refractivity contribution is 5.79. The van der Waals surface area contributed by atoms with Crippen molar-refractivity contribution in [2.24, 2.45) is 5.92 Å². The van der Waals surface area contributed by atoms with Crippen LogP contribution in [0.25, 0.3) is 10.9 Å². The van der Waals surface area contributed by atoms with Gasteiger partial charge in [0.05, 0.1) is 10.9 Å². The van der Waals surface area contributed by atoms with Crippen molar-refractivity contribution >= 4 is 10.9 Å². The lowest BCUT2D eigenvalue weighted by Gasteiger charge is -2.08. The van der Waals surface area contributed by atoms with Crippen LogP contribution in [0.15, 0.2) is 16.9 Å². The molecule has 5 heteroatoms. The summed E-state index contributed by atoms with van der Waals surface area (Å²) in [5.41, 5.74) is -0.0849. The number of aromatic amines is 1. The summed E-state index contributed by atoms with van der Waals surface area (Å²) in [6.45, 7) is 3.91. The molecule has 0 aliphatic heterocycles. The largest absolute Gasteiger partial charge is 0.358 e. The fourth-order valence-electron chi connectivity index (χ4n) is 1.92. The van der Waals surface area contributed by atoms with Crippen molar-refractivity contribution in [3.63, 3.8) is 0 Å². The second-order valence-corrected chi connectivity index (χ2v) is 4.67. The average molecular weight is 255 g/mol. The summed E-state index contributed by atoms with van der Waals surface area (Å²) in [6.07, 6.45) is 0.575. The van der Waals surface area contributed by atoms with Crippen molar-refractivity contribution in [1.82, 2.24) is 4.98 Å². The summed E-state index contributed by atoms with van der Waals surface area (Å²) >= 11 is 0. The van der Waals surface area contributed by atoms with Crippen LogP contribution in [0.4, 0.5) is 13.2 Å². The van der Waals surface area contributed by atoms with Crippen molar-refractivity contribution in [2.45, 2.75) is 20.3 Å². The van der Waals surface area contributed by atoms with Crippen LogP contribution in [0.1, 0.15) is 19.5 Å². The number of rotatable bonds is 2. The van der Waals surface area contributed by atoms with E-state index in [4.69, 9.17) is 0 Å². The number of nitrogens with one attached hydrogen (secondary N) is 1. The standard InChI is InChI=1S/C13H12F3NO/c1-6(2)3-7-4-10(18)11-9(17-7)5-8(14)12(15)13(11)16/h4-6H,3H2,1-2H3,(H,17,18). The van der Waals surface area contributed by atoms with Crippen molar-refractivity contribution < 1.29 is 13.2 Å². The molecule has 0 bridgehead atoms. The zero-order valence-corrected chi connectivity index (χ0v) is 9.98. The molecule has 0 unspecified atom stereocenters. The minimum Gasteiger partial charge on any atom is -0.358 e. The van der Waals surface area contributed by atoms with Crippen molar-refractivity contribution in [3.05, 3.63) is 45.5 Å². The highest BCUT2D eigenvalue weighted by atomic mass is 19.2. The minimum absolute atomic E-state index is 0.0189. The molecule has 0 aliphatic carbocycles. The Bertz CT molecular complexity index is 661. The van der Waals surface area contributed by atoms with Crippen LogP contribution in [0.2, 0.25) is 0 Å². The number of H-pyrrole nitrogens is 1. The van der Waals surface area contributed by atoms with E-state index < -0.39 is 28.3 Å². The Morgan fingerprint density at radius 1 is 1.17 bits per heavy atom. The van der Waals surface area contributed by atoms with Crippen LogP contribution in [0.3, 0.4) is 0 Å². The maximum absolute atomic E-state index is 13.5. The number of aromatic nitrogens is 1. The maximum Gasteiger partial charge on any atom is 0.195 e. The molecule has 0 amide bonds. The van der Waals surface area contributed by atoms with E-state index in [-0.39, 0.29) is 11.4 Å². The van der Waals surface area contributed by atoms with Gasteiger partial charge in [-0.05, 0) is 12.3 Å². The lowest BCUT2D eigenvalue weighted by Crippen LogP contribution is -2.10. The summed E-state index contributed by atoms with van der Waals surface area (Å²) < 4.78 is 39.6. The molecule has 0 radical (unpaired) electrons. The fraction of sp³-hybridized carbons (Fsp3) is 0.308. The molecule has 2 aromatic rings. The first-order valence-corrected chi connectivity index (χ1v) is 5.59. The van der Waals surface area contributed by atoms with Crippen LogP contribution in [-0.2, 0) is 6.42 Å². The van der Waals surface area contributed by atoms with E-state index in [1.807, 2.05) is 13.8 Å². The highest BCUT2D eigenvalue weighted by Crippen LogP contribution is 2.19. The number of hydrogen-bond donors (Lipinski definition) is 1. The molecular formula is C13H12F3NO. The SMILES string of the molecule is CC(C)Cc1cc(=O)c2c(F)c(F)c(F)cc2[nH]1. The lowest BCUT2D eigenvalue weighted by molar-refractivity contribution is 0.453. The number of pyridine rings is 1. The van der Waals surface area contributed by atoms with Gasteiger partial charge in [0.25, 0.3) is 0 Å². The molecule has 18 heavy (non-hydrogen) atoms. The van der Waals surface area contributed by atoms with Gasteiger partial charge in [-0.2, -0.15) is 0 Å². The molecule has 2 rings (SSSR count). The quantitative estimate of drug-likeness (QED) is 0.821. The normalized spacial score (nSPS) is 11.4. The molecule has 0 spiro atoms. The summed E-state index contributed by atoms with van der Waals surface area (Å²) in [4.78, 5) is 14.5. The molecule has 0 saturated heterocycles. The Morgan fingerprint density at radius 3 is 2.44 bits per heavy atom. The zero-order chi connectivity index (χ0) is 13.4. The van der Waals surface area contributed by atoms with Gasteiger partial charge in [0.1, 0.15) is 0 Å². The molecule has 1 N–H and O–H groups in total. The Kier molecular flexibility index (Phi) is 3.15. The molecule has 0 saturated carbocycles. The predicted molar refractivity (Wildman–Crippen MR) is 63.0 cm³/mol. The van der Waals surface area contributed by atoms with Crippen molar-refractivity contribution in [3.8, 4) is 0 Å². The number of benzene rings is 1. The van der Waals surface area contributed by atoms with Gasteiger partial charge in [-0.1, -0.05) is 13.8 Å². The van der Waals surface area contributed by atoms with E-state index in [2.05, 4.69) is 4.98 Å². The number of halogens is 3. The zero-order valence-electron chi connectivity index (χ0n) is 9.98. The Balaban J connectivity index is 2.74. The lowest BCUT2D eigenvalue weighted by atomic mass is 10.1. The molecule has 1 aromatic carbocycles. The maximum atomic E-state index is 13.5. The molecule has 0 fully saturated rings. The van der Waals surface area contributed by atoms with Gasteiger partial charge in [-0.15, -0.1) is 0 Å². The van der Waals surface area contributed by atoms with Gasteiger partial charge < -0.3 is 4.98 Å². The van der Waals surface area contributed by atoms with Gasteiger partial charge in [0, 0.05) is 17.8 Å². The first-order valence-electron chi connectivity index (χ1n) is 5.59.